The van der Waals surface area contributed by atoms with Crippen LogP contribution in [0.2, 0.25) is 0 Å². The minimum Gasteiger partial charge on any atom is -0.253 e. The fourth-order valence-corrected chi connectivity index (χ4v) is 2.42. The molecule has 1 aromatic carbocycles. The first-order chi connectivity index (χ1) is 9.52. The van der Waals surface area contributed by atoms with Crippen molar-refractivity contribution in [2.75, 3.05) is 0 Å². The van der Waals surface area contributed by atoms with Crippen LogP contribution in [-0.4, -0.2) is 4.98 Å². The lowest BCUT2D eigenvalue weighted by atomic mass is 9.90. The molecule has 0 saturated heterocycles. The normalized spacial score (nSPS) is 13.0. The van der Waals surface area contributed by atoms with Crippen LogP contribution in [0.3, 0.4) is 0 Å². The van der Waals surface area contributed by atoms with Crippen LogP contribution in [0.25, 0.3) is 17.0 Å². The second-order valence-corrected chi connectivity index (χ2v) is 5.58. The van der Waals surface area contributed by atoms with Crippen LogP contribution < -0.4 is 0 Å². The summed E-state index contributed by atoms with van der Waals surface area (Å²) in [6.07, 6.45) is 5.35. The van der Waals surface area contributed by atoms with Crippen LogP contribution >= 0.6 is 0 Å². The predicted octanol–water partition coefficient (Wildman–Crippen LogP) is 5.65. The van der Waals surface area contributed by atoms with Crippen molar-refractivity contribution in [2.24, 2.45) is 0 Å². The standard InChI is InChI=1S/C19H23N/c1-6-14(4)18-16(9-7-13(2)3)11-12-17-10-8-15(5)20-19(17)18/h7-12,14H,2,6H2,1,3-5H3/b9-7-/t14-/m1/s1. The zero-order chi connectivity index (χ0) is 14.7. The summed E-state index contributed by atoms with van der Waals surface area (Å²) in [5, 5.41) is 1.22. The number of rotatable bonds is 4. The summed E-state index contributed by atoms with van der Waals surface area (Å²) in [6.45, 7) is 12.5. The number of aromatic nitrogens is 1. The first-order valence-electron chi connectivity index (χ1n) is 7.26. The first kappa shape index (κ1) is 14.5. The second-order valence-electron chi connectivity index (χ2n) is 5.58. The maximum Gasteiger partial charge on any atom is 0.0745 e. The molecule has 0 spiro atoms. The summed E-state index contributed by atoms with van der Waals surface area (Å²) >= 11 is 0. The van der Waals surface area contributed by atoms with Gasteiger partial charge < -0.3 is 0 Å². The van der Waals surface area contributed by atoms with Crippen molar-refractivity contribution >= 4 is 17.0 Å². The van der Waals surface area contributed by atoms with E-state index < -0.39 is 0 Å². The molecule has 1 nitrogen and oxygen atoms in total. The Balaban J connectivity index is 2.71. The van der Waals surface area contributed by atoms with Crippen LogP contribution in [0.15, 0.2) is 42.5 Å². The number of pyridine rings is 1. The highest BCUT2D eigenvalue weighted by Gasteiger charge is 2.13. The largest absolute Gasteiger partial charge is 0.253 e. The maximum atomic E-state index is 4.78. The van der Waals surface area contributed by atoms with Gasteiger partial charge in [-0.25, -0.2) is 0 Å². The average Bonchev–Trinajstić information content (AvgIpc) is 2.43. The molecule has 0 radical (unpaired) electrons. The molecule has 104 valence electrons. The van der Waals surface area contributed by atoms with Crippen LogP contribution in [0.4, 0.5) is 0 Å². The average molecular weight is 265 g/mol. The van der Waals surface area contributed by atoms with Gasteiger partial charge in [0.15, 0.2) is 0 Å². The molecular formula is C19H23N. The maximum absolute atomic E-state index is 4.78. The summed E-state index contributed by atoms with van der Waals surface area (Å²) in [5.74, 6) is 0.498. The third-order valence-corrected chi connectivity index (χ3v) is 3.73. The molecule has 2 aromatic rings. The van der Waals surface area contributed by atoms with Crippen LogP contribution in [0.5, 0.6) is 0 Å². The van der Waals surface area contributed by atoms with Gasteiger partial charge in [-0.05, 0) is 43.4 Å². The van der Waals surface area contributed by atoms with Gasteiger partial charge in [-0.3, -0.25) is 4.98 Å². The number of nitrogens with zero attached hydrogens (tertiary/aromatic N) is 1. The summed E-state index contributed by atoms with van der Waals surface area (Å²) in [6, 6.07) is 8.59. The molecule has 0 saturated carbocycles. The van der Waals surface area contributed by atoms with Crippen molar-refractivity contribution < 1.29 is 0 Å². The molecule has 0 unspecified atom stereocenters. The molecule has 2 rings (SSSR count). The Bertz CT molecular complexity index is 665. The SMILES string of the molecule is C=C(C)/C=C\c1ccc2ccc(C)nc2c1[C@H](C)CC. The minimum absolute atomic E-state index is 0.498. The van der Waals surface area contributed by atoms with Crippen LogP contribution in [0, 0.1) is 6.92 Å². The van der Waals surface area contributed by atoms with E-state index in [-0.39, 0.29) is 0 Å². The summed E-state index contributed by atoms with van der Waals surface area (Å²) in [7, 11) is 0. The minimum atomic E-state index is 0.498. The molecule has 0 N–H and O–H groups in total. The number of hydrogen-bond donors (Lipinski definition) is 0. The van der Waals surface area contributed by atoms with E-state index in [2.05, 4.69) is 63.8 Å². The Morgan fingerprint density at radius 1 is 1.30 bits per heavy atom. The number of benzene rings is 1. The summed E-state index contributed by atoms with van der Waals surface area (Å²) in [5.41, 5.74) is 5.89. The Morgan fingerprint density at radius 2 is 2.00 bits per heavy atom. The molecular weight excluding hydrogens is 242 g/mol. The Labute approximate surface area is 122 Å². The number of allylic oxidation sites excluding steroid dienone is 2. The van der Waals surface area contributed by atoms with E-state index >= 15 is 0 Å². The highest BCUT2D eigenvalue weighted by molar-refractivity contribution is 5.86. The molecule has 0 fully saturated rings. The van der Waals surface area contributed by atoms with E-state index in [1.54, 1.807) is 0 Å². The summed E-state index contributed by atoms with van der Waals surface area (Å²) < 4.78 is 0. The van der Waals surface area contributed by atoms with Crippen molar-refractivity contribution in [3.05, 3.63) is 59.3 Å². The van der Waals surface area contributed by atoms with Gasteiger partial charge in [0.2, 0.25) is 0 Å². The van der Waals surface area contributed by atoms with E-state index in [0.717, 1.165) is 23.2 Å². The van der Waals surface area contributed by atoms with Gasteiger partial charge in [0.1, 0.15) is 0 Å². The highest BCUT2D eigenvalue weighted by atomic mass is 14.7. The molecule has 1 heterocycles. The van der Waals surface area contributed by atoms with E-state index in [4.69, 9.17) is 4.98 Å². The Hall–Kier alpha value is -1.89. The van der Waals surface area contributed by atoms with Gasteiger partial charge in [0, 0.05) is 11.1 Å². The molecule has 0 aliphatic heterocycles. The molecule has 0 bridgehead atoms. The van der Waals surface area contributed by atoms with Crippen molar-refractivity contribution in [3.8, 4) is 0 Å². The predicted molar refractivity (Wildman–Crippen MR) is 89.0 cm³/mol. The molecule has 0 aliphatic rings. The number of aryl methyl sites for hydroxylation is 1. The zero-order valence-corrected chi connectivity index (χ0v) is 12.9. The molecule has 1 atom stereocenters. The van der Waals surface area contributed by atoms with Crippen molar-refractivity contribution in [3.63, 3.8) is 0 Å². The molecule has 20 heavy (non-hydrogen) atoms. The molecule has 0 aliphatic carbocycles. The molecule has 1 heteroatoms. The second kappa shape index (κ2) is 6.04. The fraction of sp³-hybridized carbons (Fsp3) is 0.316. The fourth-order valence-electron chi connectivity index (χ4n) is 2.42. The van der Waals surface area contributed by atoms with E-state index in [1.807, 2.05) is 6.92 Å². The van der Waals surface area contributed by atoms with E-state index in [9.17, 15) is 0 Å². The van der Waals surface area contributed by atoms with Crippen LogP contribution in [0.1, 0.15) is 49.9 Å². The quantitative estimate of drug-likeness (QED) is 0.651. The van der Waals surface area contributed by atoms with E-state index in [0.29, 0.717) is 5.92 Å². The smallest absolute Gasteiger partial charge is 0.0745 e. The monoisotopic (exact) mass is 265 g/mol. The van der Waals surface area contributed by atoms with Gasteiger partial charge in [0.05, 0.1) is 5.52 Å². The zero-order valence-electron chi connectivity index (χ0n) is 12.9. The van der Waals surface area contributed by atoms with Gasteiger partial charge >= 0.3 is 0 Å². The number of hydrogen-bond acceptors (Lipinski definition) is 1. The van der Waals surface area contributed by atoms with Gasteiger partial charge in [0.25, 0.3) is 0 Å². The highest BCUT2D eigenvalue weighted by Crippen LogP contribution is 2.31. The Kier molecular flexibility index (Phi) is 4.39. The van der Waals surface area contributed by atoms with Gasteiger partial charge in [-0.1, -0.05) is 56.4 Å². The van der Waals surface area contributed by atoms with Crippen molar-refractivity contribution in [1.82, 2.24) is 4.98 Å². The molecule has 1 aromatic heterocycles. The lowest BCUT2D eigenvalue weighted by Gasteiger charge is -2.16. The van der Waals surface area contributed by atoms with Gasteiger partial charge in [-0.15, -0.1) is 0 Å². The number of fused-ring (bicyclic) bond motifs is 1. The lowest BCUT2D eigenvalue weighted by Crippen LogP contribution is -1.99. The Morgan fingerprint density at radius 3 is 2.65 bits per heavy atom. The van der Waals surface area contributed by atoms with Gasteiger partial charge in [-0.2, -0.15) is 0 Å². The van der Waals surface area contributed by atoms with Crippen molar-refractivity contribution in [2.45, 2.75) is 40.0 Å². The molecule has 0 amide bonds. The first-order valence-corrected chi connectivity index (χ1v) is 7.26. The third kappa shape index (κ3) is 2.98. The van der Waals surface area contributed by atoms with Crippen molar-refractivity contribution in [1.29, 1.82) is 0 Å². The lowest BCUT2D eigenvalue weighted by molar-refractivity contribution is 0.736. The third-order valence-electron chi connectivity index (χ3n) is 3.73. The van der Waals surface area contributed by atoms with Crippen LogP contribution in [-0.2, 0) is 0 Å². The van der Waals surface area contributed by atoms with E-state index in [1.165, 1.54) is 16.5 Å². The topological polar surface area (TPSA) is 12.9 Å². The summed E-state index contributed by atoms with van der Waals surface area (Å²) in [4.78, 5) is 4.78.